The van der Waals surface area contributed by atoms with Crippen molar-refractivity contribution in [1.82, 2.24) is 0 Å². The first-order valence-corrected chi connectivity index (χ1v) is 12.6. The third-order valence-electron chi connectivity index (χ3n) is 6.23. The zero-order valence-corrected chi connectivity index (χ0v) is 19.8. The summed E-state index contributed by atoms with van der Waals surface area (Å²) in [5.41, 5.74) is -0.140. The topological polar surface area (TPSA) is 36.9 Å². The number of alkyl halides is 3. The first kappa shape index (κ1) is 24.2. The molecule has 1 aliphatic heterocycles. The molecule has 0 unspecified atom stereocenters. The van der Waals surface area contributed by atoms with Gasteiger partial charge < -0.3 is 18.5 Å². The van der Waals surface area contributed by atoms with E-state index in [1.54, 1.807) is 12.1 Å². The van der Waals surface area contributed by atoms with E-state index in [1.165, 1.54) is 6.07 Å². The summed E-state index contributed by atoms with van der Waals surface area (Å²) < 4.78 is 61.1. The van der Waals surface area contributed by atoms with Crippen molar-refractivity contribution in [2.24, 2.45) is 0 Å². The summed E-state index contributed by atoms with van der Waals surface area (Å²) in [6, 6.07) is 4.47. The fourth-order valence-electron chi connectivity index (χ4n) is 2.54. The Kier molecular flexibility index (Phi) is 6.34. The molecule has 1 fully saturated rings. The quantitative estimate of drug-likeness (QED) is 0.584. The van der Waals surface area contributed by atoms with Crippen LogP contribution in [0.1, 0.15) is 54.0 Å². The SMILES string of the molecule is CC1(C)OB(c2ccc(OC(F)(F)F)c(CO[Si](C)(C)C(C)(C)C)c2)OC1(C)C. The van der Waals surface area contributed by atoms with Crippen LogP contribution in [0.15, 0.2) is 18.2 Å². The Morgan fingerprint density at radius 3 is 1.97 bits per heavy atom. The first-order valence-electron chi connectivity index (χ1n) is 9.73. The smallest absolute Gasteiger partial charge is 0.412 e. The normalized spacial score (nSPS) is 19.5. The van der Waals surface area contributed by atoms with Crippen molar-refractivity contribution >= 4 is 20.9 Å². The Bertz CT molecular complexity index is 726. The largest absolute Gasteiger partial charge is 0.573 e. The maximum Gasteiger partial charge on any atom is 0.573 e. The van der Waals surface area contributed by atoms with Crippen LogP contribution in [0.2, 0.25) is 18.1 Å². The van der Waals surface area contributed by atoms with Crippen molar-refractivity contribution < 1.29 is 31.6 Å². The first-order chi connectivity index (χ1) is 12.8. The van der Waals surface area contributed by atoms with Crippen LogP contribution < -0.4 is 10.2 Å². The van der Waals surface area contributed by atoms with Crippen molar-refractivity contribution in [3.8, 4) is 5.75 Å². The Balaban J connectivity index is 2.35. The van der Waals surface area contributed by atoms with Gasteiger partial charge in [-0.3, -0.25) is 0 Å². The molecule has 1 aromatic carbocycles. The highest BCUT2D eigenvalue weighted by atomic mass is 28.4. The Labute approximate surface area is 173 Å². The lowest BCUT2D eigenvalue weighted by molar-refractivity contribution is -0.275. The van der Waals surface area contributed by atoms with Gasteiger partial charge in [-0.05, 0) is 57.4 Å². The van der Waals surface area contributed by atoms with Gasteiger partial charge in [0.2, 0.25) is 0 Å². The van der Waals surface area contributed by atoms with E-state index >= 15 is 0 Å². The van der Waals surface area contributed by atoms with Crippen molar-refractivity contribution in [3.63, 3.8) is 0 Å². The second-order valence-corrected chi connectivity index (χ2v) is 14.9. The highest BCUT2D eigenvalue weighted by Crippen LogP contribution is 2.39. The molecule has 0 bridgehead atoms. The van der Waals surface area contributed by atoms with Crippen LogP contribution in [-0.2, 0) is 20.3 Å². The molecule has 0 radical (unpaired) electrons. The molecular formula is C20H32BF3O4Si. The maximum atomic E-state index is 12.9. The number of hydrogen-bond donors (Lipinski definition) is 0. The minimum absolute atomic E-state index is 0.0231. The molecule has 4 nitrogen and oxygen atoms in total. The predicted octanol–water partition coefficient (Wildman–Crippen LogP) is 5.41. The van der Waals surface area contributed by atoms with Gasteiger partial charge >= 0.3 is 13.5 Å². The van der Waals surface area contributed by atoms with Gasteiger partial charge in [0.15, 0.2) is 8.32 Å². The fourth-order valence-corrected chi connectivity index (χ4v) is 3.49. The van der Waals surface area contributed by atoms with Crippen LogP contribution in [-0.4, -0.2) is 33.0 Å². The van der Waals surface area contributed by atoms with Gasteiger partial charge in [0, 0.05) is 5.56 Å². The van der Waals surface area contributed by atoms with E-state index in [-0.39, 0.29) is 17.4 Å². The highest BCUT2D eigenvalue weighted by molar-refractivity contribution is 6.74. The molecule has 0 aliphatic carbocycles. The summed E-state index contributed by atoms with van der Waals surface area (Å²) in [6.45, 7) is 18.1. The van der Waals surface area contributed by atoms with Crippen LogP contribution in [0.25, 0.3) is 0 Å². The number of hydrogen-bond acceptors (Lipinski definition) is 4. The van der Waals surface area contributed by atoms with Crippen LogP contribution in [0.4, 0.5) is 13.2 Å². The van der Waals surface area contributed by atoms with Crippen LogP contribution in [0.5, 0.6) is 5.75 Å². The Hall–Kier alpha value is -1.03. The minimum atomic E-state index is -4.78. The van der Waals surface area contributed by atoms with E-state index in [4.69, 9.17) is 13.7 Å². The van der Waals surface area contributed by atoms with Crippen molar-refractivity contribution in [1.29, 1.82) is 0 Å². The second-order valence-electron chi connectivity index (χ2n) is 10.1. The third-order valence-corrected chi connectivity index (χ3v) is 10.7. The lowest BCUT2D eigenvalue weighted by Gasteiger charge is -2.36. The molecule has 0 N–H and O–H groups in total. The zero-order valence-electron chi connectivity index (χ0n) is 18.8. The molecule has 0 aromatic heterocycles. The molecule has 29 heavy (non-hydrogen) atoms. The molecule has 1 aromatic rings. The molecule has 1 saturated heterocycles. The summed E-state index contributed by atoms with van der Waals surface area (Å²) in [5, 5.41) is -0.0681. The summed E-state index contributed by atoms with van der Waals surface area (Å²) in [7, 11) is -2.84. The van der Waals surface area contributed by atoms with E-state index in [9.17, 15) is 13.2 Å². The lowest BCUT2D eigenvalue weighted by Crippen LogP contribution is -2.41. The van der Waals surface area contributed by atoms with Crippen LogP contribution in [0.3, 0.4) is 0 Å². The number of rotatable bonds is 5. The van der Waals surface area contributed by atoms with E-state index in [0.29, 0.717) is 11.0 Å². The Morgan fingerprint density at radius 1 is 1.00 bits per heavy atom. The summed E-state index contributed by atoms with van der Waals surface area (Å²) in [6.07, 6.45) is -4.78. The van der Waals surface area contributed by atoms with Gasteiger partial charge in [0.25, 0.3) is 0 Å². The molecule has 1 heterocycles. The second kappa shape index (κ2) is 7.59. The lowest BCUT2D eigenvalue weighted by atomic mass is 9.78. The third kappa shape index (κ3) is 5.57. The maximum absolute atomic E-state index is 12.9. The van der Waals surface area contributed by atoms with Gasteiger partial charge in [0.1, 0.15) is 5.75 Å². The standard InChI is InChI=1S/C20H32BF3O4Si/c1-17(2,3)29(8,9)25-13-14-12-15(10-11-16(14)26-20(22,23)24)21-27-18(4,5)19(6,7)28-21/h10-12H,13H2,1-9H3. The Morgan fingerprint density at radius 2 is 1.52 bits per heavy atom. The van der Waals surface area contributed by atoms with E-state index in [1.807, 2.05) is 27.7 Å². The molecular weight excluding hydrogens is 400 g/mol. The van der Waals surface area contributed by atoms with Crippen LogP contribution in [0, 0.1) is 0 Å². The summed E-state index contributed by atoms with van der Waals surface area (Å²) in [5.74, 6) is -0.267. The van der Waals surface area contributed by atoms with Gasteiger partial charge in [0.05, 0.1) is 17.8 Å². The average Bonchev–Trinajstić information content (AvgIpc) is 2.72. The summed E-state index contributed by atoms with van der Waals surface area (Å²) in [4.78, 5) is 0. The monoisotopic (exact) mass is 432 g/mol. The number of ether oxygens (including phenoxy) is 1. The average molecular weight is 432 g/mol. The van der Waals surface area contributed by atoms with Crippen LogP contribution >= 0.6 is 0 Å². The van der Waals surface area contributed by atoms with E-state index in [2.05, 4.69) is 38.6 Å². The fraction of sp³-hybridized carbons (Fsp3) is 0.700. The van der Waals surface area contributed by atoms with Crippen molar-refractivity contribution in [3.05, 3.63) is 23.8 Å². The molecule has 1 aliphatic rings. The highest BCUT2D eigenvalue weighted by Gasteiger charge is 2.52. The van der Waals surface area contributed by atoms with Crippen molar-refractivity contribution in [2.45, 2.75) is 90.8 Å². The molecule has 0 saturated carbocycles. The number of benzene rings is 1. The zero-order chi connectivity index (χ0) is 22.5. The number of halogens is 3. The molecule has 0 amide bonds. The van der Waals surface area contributed by atoms with Crippen molar-refractivity contribution in [2.75, 3.05) is 0 Å². The van der Waals surface area contributed by atoms with Gasteiger partial charge in [-0.2, -0.15) is 0 Å². The predicted molar refractivity (Wildman–Crippen MR) is 111 cm³/mol. The molecule has 2 rings (SSSR count). The molecule has 0 spiro atoms. The minimum Gasteiger partial charge on any atom is -0.412 e. The van der Waals surface area contributed by atoms with Gasteiger partial charge in [-0.1, -0.05) is 32.9 Å². The van der Waals surface area contributed by atoms with E-state index < -0.39 is 33.0 Å². The molecule has 164 valence electrons. The van der Waals surface area contributed by atoms with Gasteiger partial charge in [-0.25, -0.2) is 0 Å². The van der Waals surface area contributed by atoms with E-state index in [0.717, 1.165) is 0 Å². The van der Waals surface area contributed by atoms with Gasteiger partial charge in [-0.15, -0.1) is 13.2 Å². The molecule has 9 heteroatoms. The molecule has 0 atom stereocenters. The summed E-state index contributed by atoms with van der Waals surface area (Å²) >= 11 is 0.